The SMILES string of the molecule is CC(=O)N[C@H](CC(=O)OCC(=O)NC(=O)NCCC1=CCCCC1)c1ccccc1. The second kappa shape index (κ2) is 12.4. The highest BCUT2D eigenvalue weighted by molar-refractivity contribution is 5.95. The predicted octanol–water partition coefficient (Wildman–Crippen LogP) is 2.51. The Hall–Kier alpha value is -3.16. The van der Waals surface area contributed by atoms with Gasteiger partial charge in [-0.15, -0.1) is 0 Å². The number of carbonyl (C=O) groups is 4. The number of urea groups is 1. The molecule has 1 aliphatic rings. The number of rotatable bonds is 9. The number of imide groups is 1. The second-order valence-electron chi connectivity index (χ2n) is 7.19. The van der Waals surface area contributed by atoms with Gasteiger partial charge in [-0.3, -0.25) is 19.7 Å². The van der Waals surface area contributed by atoms with E-state index in [-0.39, 0.29) is 12.3 Å². The van der Waals surface area contributed by atoms with Gasteiger partial charge in [-0.2, -0.15) is 0 Å². The van der Waals surface area contributed by atoms with Crippen molar-refractivity contribution >= 4 is 23.8 Å². The molecular formula is C22H29N3O5. The zero-order valence-electron chi connectivity index (χ0n) is 17.2. The third kappa shape index (κ3) is 8.89. The van der Waals surface area contributed by atoms with E-state index in [1.54, 1.807) is 24.3 Å². The molecule has 8 nitrogen and oxygen atoms in total. The molecule has 1 atom stereocenters. The lowest BCUT2D eigenvalue weighted by Crippen LogP contribution is -2.42. The van der Waals surface area contributed by atoms with Crippen molar-refractivity contribution in [3.8, 4) is 0 Å². The fourth-order valence-electron chi connectivity index (χ4n) is 3.23. The molecule has 0 aromatic heterocycles. The van der Waals surface area contributed by atoms with E-state index in [1.807, 2.05) is 6.07 Å². The van der Waals surface area contributed by atoms with Gasteiger partial charge in [-0.25, -0.2) is 4.79 Å². The number of carbonyl (C=O) groups excluding carboxylic acids is 4. The molecule has 3 N–H and O–H groups in total. The summed E-state index contributed by atoms with van der Waals surface area (Å²) in [5.74, 6) is -1.65. The largest absolute Gasteiger partial charge is 0.455 e. The topological polar surface area (TPSA) is 114 Å². The van der Waals surface area contributed by atoms with Gasteiger partial charge in [0.2, 0.25) is 5.91 Å². The van der Waals surface area contributed by atoms with Crippen molar-refractivity contribution < 1.29 is 23.9 Å². The first-order valence-corrected chi connectivity index (χ1v) is 10.2. The zero-order valence-corrected chi connectivity index (χ0v) is 17.2. The van der Waals surface area contributed by atoms with Crippen molar-refractivity contribution in [1.29, 1.82) is 0 Å². The Labute approximate surface area is 176 Å². The van der Waals surface area contributed by atoms with Gasteiger partial charge in [0.15, 0.2) is 6.61 Å². The first-order chi connectivity index (χ1) is 14.4. The number of benzene rings is 1. The molecular weight excluding hydrogens is 386 g/mol. The van der Waals surface area contributed by atoms with Crippen LogP contribution in [0.1, 0.15) is 57.1 Å². The van der Waals surface area contributed by atoms with Crippen LogP contribution in [0.2, 0.25) is 0 Å². The van der Waals surface area contributed by atoms with Crippen molar-refractivity contribution in [3.63, 3.8) is 0 Å². The number of amides is 4. The van der Waals surface area contributed by atoms with Crippen molar-refractivity contribution in [3.05, 3.63) is 47.5 Å². The fourth-order valence-corrected chi connectivity index (χ4v) is 3.23. The lowest BCUT2D eigenvalue weighted by atomic mass is 9.97. The fraction of sp³-hybridized carbons (Fsp3) is 0.455. The molecule has 0 heterocycles. The van der Waals surface area contributed by atoms with E-state index in [9.17, 15) is 19.2 Å². The van der Waals surface area contributed by atoms with Crippen molar-refractivity contribution in [2.24, 2.45) is 0 Å². The summed E-state index contributed by atoms with van der Waals surface area (Å²) in [6, 6.07) is 7.82. The maximum absolute atomic E-state index is 12.1. The highest BCUT2D eigenvalue weighted by atomic mass is 16.5. The van der Waals surface area contributed by atoms with Crippen LogP contribution in [-0.2, 0) is 19.1 Å². The number of hydrogen-bond donors (Lipinski definition) is 3. The number of hydrogen-bond acceptors (Lipinski definition) is 5. The molecule has 8 heteroatoms. The van der Waals surface area contributed by atoms with Crippen molar-refractivity contribution in [2.75, 3.05) is 13.2 Å². The van der Waals surface area contributed by atoms with E-state index in [0.717, 1.165) is 24.8 Å². The van der Waals surface area contributed by atoms with Gasteiger partial charge < -0.3 is 15.4 Å². The molecule has 0 spiro atoms. The standard InChI is InChI=1S/C22H29N3O5/c1-16(26)24-19(18-10-6-3-7-11-18)14-21(28)30-15-20(27)25-22(29)23-13-12-17-8-4-2-5-9-17/h3,6-8,10-11,19H,2,4-5,9,12-15H2,1H3,(H,24,26)(H2,23,25,27,29)/t19-/m1/s1. The summed E-state index contributed by atoms with van der Waals surface area (Å²) in [7, 11) is 0. The first kappa shape index (κ1) is 23.1. The summed E-state index contributed by atoms with van der Waals surface area (Å²) in [4.78, 5) is 47.1. The Morgan fingerprint density at radius 2 is 1.87 bits per heavy atom. The quantitative estimate of drug-likeness (QED) is 0.424. The van der Waals surface area contributed by atoms with Gasteiger partial charge >= 0.3 is 12.0 Å². The lowest BCUT2D eigenvalue weighted by Gasteiger charge is -2.17. The molecule has 1 aliphatic carbocycles. The van der Waals surface area contributed by atoms with Gasteiger partial charge in [0.05, 0.1) is 12.5 Å². The van der Waals surface area contributed by atoms with Crippen molar-refractivity contribution in [2.45, 2.75) is 51.5 Å². The zero-order chi connectivity index (χ0) is 21.8. The molecule has 4 amide bonds. The average molecular weight is 415 g/mol. The Morgan fingerprint density at radius 3 is 2.53 bits per heavy atom. The summed E-state index contributed by atoms with van der Waals surface area (Å²) in [6.07, 6.45) is 7.37. The van der Waals surface area contributed by atoms with Crippen LogP contribution in [0.25, 0.3) is 0 Å². The minimum atomic E-state index is -0.714. The summed E-state index contributed by atoms with van der Waals surface area (Å²) in [5, 5.41) is 7.45. The van der Waals surface area contributed by atoms with E-state index < -0.39 is 30.6 Å². The molecule has 0 fully saturated rings. The number of allylic oxidation sites excluding steroid dienone is 1. The molecule has 0 radical (unpaired) electrons. The molecule has 30 heavy (non-hydrogen) atoms. The average Bonchev–Trinajstić information content (AvgIpc) is 2.73. The minimum absolute atomic E-state index is 0.127. The molecule has 0 unspecified atom stereocenters. The van der Waals surface area contributed by atoms with Crippen LogP contribution < -0.4 is 16.0 Å². The second-order valence-corrected chi connectivity index (χ2v) is 7.19. The van der Waals surface area contributed by atoms with Crippen LogP contribution in [0.4, 0.5) is 4.79 Å². The molecule has 0 aliphatic heterocycles. The summed E-state index contributed by atoms with van der Waals surface area (Å²) in [5.41, 5.74) is 2.08. The van der Waals surface area contributed by atoms with E-state index >= 15 is 0 Å². The van der Waals surface area contributed by atoms with Crippen LogP contribution >= 0.6 is 0 Å². The normalized spacial score (nSPS) is 14.1. The number of esters is 1. The summed E-state index contributed by atoms with van der Waals surface area (Å²) in [6.45, 7) is 1.23. The Balaban J connectivity index is 1.69. The van der Waals surface area contributed by atoms with Crippen LogP contribution in [0, 0.1) is 0 Å². The highest BCUT2D eigenvalue weighted by Crippen LogP contribution is 2.19. The predicted molar refractivity (Wildman–Crippen MR) is 111 cm³/mol. The van der Waals surface area contributed by atoms with Crippen LogP contribution in [-0.4, -0.2) is 37.0 Å². The Kier molecular flexibility index (Phi) is 9.57. The highest BCUT2D eigenvalue weighted by Gasteiger charge is 2.19. The van der Waals surface area contributed by atoms with Crippen LogP contribution in [0.15, 0.2) is 42.0 Å². The molecule has 1 aromatic carbocycles. The van der Waals surface area contributed by atoms with E-state index in [4.69, 9.17) is 4.74 Å². The van der Waals surface area contributed by atoms with Gasteiger partial charge in [-0.05, 0) is 37.7 Å². The van der Waals surface area contributed by atoms with E-state index in [2.05, 4.69) is 22.0 Å². The Morgan fingerprint density at radius 1 is 1.10 bits per heavy atom. The van der Waals surface area contributed by atoms with Gasteiger partial charge in [0.1, 0.15) is 0 Å². The third-order valence-electron chi connectivity index (χ3n) is 4.68. The molecule has 0 bridgehead atoms. The van der Waals surface area contributed by atoms with Crippen molar-refractivity contribution in [1.82, 2.24) is 16.0 Å². The third-order valence-corrected chi connectivity index (χ3v) is 4.68. The summed E-state index contributed by atoms with van der Waals surface area (Å²) >= 11 is 0. The minimum Gasteiger partial charge on any atom is -0.455 e. The van der Waals surface area contributed by atoms with E-state index in [0.29, 0.717) is 6.54 Å². The molecule has 2 rings (SSSR count). The maximum atomic E-state index is 12.1. The van der Waals surface area contributed by atoms with Gasteiger partial charge in [-0.1, -0.05) is 42.0 Å². The molecule has 162 valence electrons. The monoisotopic (exact) mass is 415 g/mol. The maximum Gasteiger partial charge on any atom is 0.321 e. The molecule has 0 saturated carbocycles. The number of ether oxygens (including phenoxy) is 1. The molecule has 0 saturated heterocycles. The Bertz CT molecular complexity index is 776. The van der Waals surface area contributed by atoms with Gasteiger partial charge in [0.25, 0.3) is 5.91 Å². The lowest BCUT2D eigenvalue weighted by molar-refractivity contribution is -0.148. The van der Waals surface area contributed by atoms with E-state index in [1.165, 1.54) is 25.3 Å². The number of nitrogens with one attached hydrogen (secondary N) is 3. The van der Waals surface area contributed by atoms with Crippen LogP contribution in [0.5, 0.6) is 0 Å². The smallest absolute Gasteiger partial charge is 0.321 e. The first-order valence-electron chi connectivity index (χ1n) is 10.2. The van der Waals surface area contributed by atoms with Gasteiger partial charge in [0, 0.05) is 13.5 Å². The molecule has 1 aromatic rings. The van der Waals surface area contributed by atoms with Crippen LogP contribution in [0.3, 0.4) is 0 Å². The summed E-state index contributed by atoms with van der Waals surface area (Å²) < 4.78 is 4.95.